The number of aryl methyl sites for hydroxylation is 2. The molecule has 0 unspecified atom stereocenters. The Bertz CT molecular complexity index is 1510. The standard InChI is InChI=1S/C29H28N2O4/c1-5-31-24-12-10-19(27(32)20-9-7-6-8-18(20)4)16-22(24)26-25(31)13-11-21-23(14-15-34-28(21)26)30-35-29(33)17(2)3/h6-13,16-17H,5,14-15H2,1-4H3/b30-23+. The van der Waals surface area contributed by atoms with Crippen molar-refractivity contribution in [1.29, 1.82) is 0 Å². The monoisotopic (exact) mass is 468 g/mol. The second-order valence-corrected chi connectivity index (χ2v) is 9.16. The van der Waals surface area contributed by atoms with Gasteiger partial charge in [0.15, 0.2) is 5.78 Å². The predicted octanol–water partition coefficient (Wildman–Crippen LogP) is 6.04. The largest absolute Gasteiger partial charge is 0.492 e. The first-order valence-corrected chi connectivity index (χ1v) is 12.0. The van der Waals surface area contributed by atoms with Crippen LogP contribution >= 0.6 is 0 Å². The number of carbonyl (C=O) groups excluding carboxylic acids is 2. The van der Waals surface area contributed by atoms with Crippen LogP contribution < -0.4 is 4.74 Å². The molecule has 6 heteroatoms. The van der Waals surface area contributed by atoms with Crippen molar-refractivity contribution in [3.63, 3.8) is 0 Å². The Hall–Kier alpha value is -3.93. The van der Waals surface area contributed by atoms with E-state index in [1.807, 2.05) is 55.5 Å². The number of carbonyl (C=O) groups is 2. The molecule has 1 aliphatic rings. The van der Waals surface area contributed by atoms with E-state index < -0.39 is 0 Å². The molecule has 6 nitrogen and oxygen atoms in total. The van der Waals surface area contributed by atoms with Gasteiger partial charge < -0.3 is 14.1 Å². The molecule has 4 aromatic rings. The maximum Gasteiger partial charge on any atom is 0.337 e. The summed E-state index contributed by atoms with van der Waals surface area (Å²) in [6, 6.07) is 17.5. The number of ketones is 1. The van der Waals surface area contributed by atoms with Crippen LogP contribution in [0.25, 0.3) is 21.8 Å². The molecule has 0 aliphatic carbocycles. The molecule has 0 amide bonds. The summed E-state index contributed by atoms with van der Waals surface area (Å²) in [5, 5.41) is 6.08. The van der Waals surface area contributed by atoms with Gasteiger partial charge in [-0.3, -0.25) is 4.79 Å². The molecule has 0 fully saturated rings. The molecule has 3 aromatic carbocycles. The number of aromatic nitrogens is 1. The molecule has 1 aliphatic heterocycles. The van der Waals surface area contributed by atoms with Gasteiger partial charge in [0, 0.05) is 40.6 Å². The van der Waals surface area contributed by atoms with Crippen LogP contribution in [0, 0.1) is 12.8 Å². The van der Waals surface area contributed by atoms with Crippen molar-refractivity contribution in [2.45, 2.75) is 40.7 Å². The van der Waals surface area contributed by atoms with Gasteiger partial charge in [-0.05, 0) is 49.7 Å². The van der Waals surface area contributed by atoms with E-state index in [-0.39, 0.29) is 17.7 Å². The molecule has 178 valence electrons. The fraction of sp³-hybridized carbons (Fsp3) is 0.276. The molecule has 0 radical (unpaired) electrons. The number of oxime groups is 1. The first-order chi connectivity index (χ1) is 16.9. The van der Waals surface area contributed by atoms with Crippen LogP contribution in [0.3, 0.4) is 0 Å². The van der Waals surface area contributed by atoms with Gasteiger partial charge in [0.05, 0.1) is 29.1 Å². The van der Waals surface area contributed by atoms with Crippen molar-refractivity contribution in [2.24, 2.45) is 11.1 Å². The number of nitrogens with zero attached hydrogens (tertiary/aromatic N) is 2. The van der Waals surface area contributed by atoms with E-state index in [9.17, 15) is 9.59 Å². The van der Waals surface area contributed by atoms with Gasteiger partial charge in [0.2, 0.25) is 0 Å². The molecule has 5 rings (SSSR count). The van der Waals surface area contributed by atoms with Gasteiger partial charge in [0.1, 0.15) is 5.75 Å². The minimum Gasteiger partial charge on any atom is -0.492 e. The highest BCUT2D eigenvalue weighted by molar-refractivity contribution is 6.19. The van der Waals surface area contributed by atoms with E-state index in [0.29, 0.717) is 35.6 Å². The molecule has 35 heavy (non-hydrogen) atoms. The van der Waals surface area contributed by atoms with Crippen molar-refractivity contribution < 1.29 is 19.2 Å². The molecule has 0 saturated heterocycles. The summed E-state index contributed by atoms with van der Waals surface area (Å²) in [6.45, 7) is 8.82. The van der Waals surface area contributed by atoms with Gasteiger partial charge in [-0.25, -0.2) is 4.79 Å². The number of ether oxygens (including phenoxy) is 1. The summed E-state index contributed by atoms with van der Waals surface area (Å²) < 4.78 is 8.39. The Morgan fingerprint density at radius 2 is 1.86 bits per heavy atom. The molecule has 2 heterocycles. The maximum absolute atomic E-state index is 13.4. The average molecular weight is 469 g/mol. The van der Waals surface area contributed by atoms with Crippen molar-refractivity contribution in [2.75, 3.05) is 6.61 Å². The Morgan fingerprint density at radius 3 is 2.60 bits per heavy atom. The number of hydrogen-bond donors (Lipinski definition) is 0. The van der Waals surface area contributed by atoms with Gasteiger partial charge in [-0.15, -0.1) is 0 Å². The fourth-order valence-electron chi connectivity index (χ4n) is 4.69. The summed E-state index contributed by atoms with van der Waals surface area (Å²) in [5.74, 6) is 0.0863. The predicted molar refractivity (Wildman–Crippen MR) is 137 cm³/mol. The SMILES string of the molecule is CCn1c2ccc(C(=O)c3ccccc3C)cc2c2c3c(ccc21)/C(=N/OC(=O)C(C)C)CCO3. The zero-order valence-electron chi connectivity index (χ0n) is 20.4. The Morgan fingerprint density at radius 1 is 1.09 bits per heavy atom. The number of fused-ring (bicyclic) bond motifs is 5. The van der Waals surface area contributed by atoms with E-state index >= 15 is 0 Å². The number of rotatable bonds is 5. The van der Waals surface area contributed by atoms with E-state index in [1.54, 1.807) is 13.8 Å². The lowest BCUT2D eigenvalue weighted by Crippen LogP contribution is -2.18. The lowest BCUT2D eigenvalue weighted by molar-refractivity contribution is -0.147. The van der Waals surface area contributed by atoms with Crippen LogP contribution in [0.4, 0.5) is 0 Å². The lowest BCUT2D eigenvalue weighted by Gasteiger charge is -2.20. The van der Waals surface area contributed by atoms with Crippen LogP contribution in [0.5, 0.6) is 5.75 Å². The van der Waals surface area contributed by atoms with E-state index in [0.717, 1.165) is 39.5 Å². The highest BCUT2D eigenvalue weighted by atomic mass is 16.7. The Kier molecular flexibility index (Phi) is 5.89. The van der Waals surface area contributed by atoms with Gasteiger partial charge in [0.25, 0.3) is 0 Å². The molecule has 0 N–H and O–H groups in total. The normalized spacial score (nSPS) is 14.4. The lowest BCUT2D eigenvalue weighted by atomic mass is 9.96. The van der Waals surface area contributed by atoms with Crippen LogP contribution in [-0.2, 0) is 16.2 Å². The Labute approximate surface area is 204 Å². The van der Waals surface area contributed by atoms with Crippen molar-refractivity contribution in [3.05, 3.63) is 76.9 Å². The van der Waals surface area contributed by atoms with Crippen molar-refractivity contribution in [1.82, 2.24) is 4.57 Å². The highest BCUT2D eigenvalue weighted by Gasteiger charge is 2.25. The molecule has 0 saturated carbocycles. The second-order valence-electron chi connectivity index (χ2n) is 9.16. The van der Waals surface area contributed by atoms with Crippen LogP contribution in [-0.4, -0.2) is 28.6 Å². The van der Waals surface area contributed by atoms with Gasteiger partial charge in [-0.1, -0.05) is 43.3 Å². The summed E-state index contributed by atoms with van der Waals surface area (Å²) in [5.41, 5.74) is 5.85. The smallest absolute Gasteiger partial charge is 0.337 e. The summed E-state index contributed by atoms with van der Waals surface area (Å²) >= 11 is 0. The third kappa shape index (κ3) is 3.89. The quantitative estimate of drug-likeness (QED) is 0.203. The van der Waals surface area contributed by atoms with Crippen molar-refractivity contribution >= 4 is 39.3 Å². The van der Waals surface area contributed by atoms with Crippen molar-refractivity contribution in [3.8, 4) is 5.75 Å². The van der Waals surface area contributed by atoms with E-state index in [2.05, 4.69) is 22.7 Å². The minimum absolute atomic E-state index is 0.00374. The highest BCUT2D eigenvalue weighted by Crippen LogP contribution is 2.41. The zero-order chi connectivity index (χ0) is 24.7. The topological polar surface area (TPSA) is 69.9 Å². The maximum atomic E-state index is 13.4. The summed E-state index contributed by atoms with van der Waals surface area (Å²) in [4.78, 5) is 30.5. The first kappa shape index (κ1) is 22.8. The molecule has 0 atom stereocenters. The first-order valence-electron chi connectivity index (χ1n) is 12.0. The van der Waals surface area contributed by atoms with E-state index in [4.69, 9.17) is 9.57 Å². The molecule has 1 aromatic heterocycles. The summed E-state index contributed by atoms with van der Waals surface area (Å²) in [6.07, 6.45) is 0.549. The van der Waals surface area contributed by atoms with Crippen LogP contribution in [0.1, 0.15) is 54.2 Å². The number of benzene rings is 3. The van der Waals surface area contributed by atoms with E-state index in [1.165, 1.54) is 0 Å². The van der Waals surface area contributed by atoms with Gasteiger partial charge >= 0.3 is 5.97 Å². The number of hydrogen-bond acceptors (Lipinski definition) is 5. The molecule has 0 spiro atoms. The molecular formula is C29H28N2O4. The second kappa shape index (κ2) is 9.02. The van der Waals surface area contributed by atoms with Gasteiger partial charge in [-0.2, -0.15) is 0 Å². The average Bonchev–Trinajstić information content (AvgIpc) is 3.20. The van der Waals surface area contributed by atoms with Crippen LogP contribution in [0.2, 0.25) is 0 Å². The third-order valence-electron chi connectivity index (χ3n) is 6.56. The Balaban J connectivity index is 1.69. The molecule has 0 bridgehead atoms. The fourth-order valence-corrected chi connectivity index (χ4v) is 4.69. The zero-order valence-corrected chi connectivity index (χ0v) is 20.4. The van der Waals surface area contributed by atoms with Crippen LogP contribution in [0.15, 0.2) is 59.8 Å². The third-order valence-corrected chi connectivity index (χ3v) is 6.56. The summed E-state index contributed by atoms with van der Waals surface area (Å²) in [7, 11) is 0. The molecular weight excluding hydrogens is 440 g/mol. The minimum atomic E-state index is -0.367.